The van der Waals surface area contributed by atoms with Crippen molar-refractivity contribution in [1.29, 1.82) is 0 Å². The Bertz CT molecular complexity index is 477. The maximum Gasteiger partial charge on any atom is 0.354 e. The monoisotopic (exact) mass is 251 g/mol. The molecule has 1 fully saturated rings. The van der Waals surface area contributed by atoms with Gasteiger partial charge in [-0.05, 0) is 31.7 Å². The Labute approximate surface area is 105 Å². The van der Waals surface area contributed by atoms with Crippen LogP contribution >= 0.6 is 0 Å². The second-order valence-electron chi connectivity index (χ2n) is 4.80. The Morgan fingerprint density at radius 1 is 1.56 bits per heavy atom. The van der Waals surface area contributed by atoms with Crippen molar-refractivity contribution in [3.63, 3.8) is 0 Å². The Morgan fingerprint density at radius 2 is 2.22 bits per heavy atom. The van der Waals surface area contributed by atoms with Crippen LogP contribution in [-0.2, 0) is 0 Å². The highest BCUT2D eigenvalue weighted by Crippen LogP contribution is 2.29. The number of anilines is 1. The summed E-state index contributed by atoms with van der Waals surface area (Å²) < 4.78 is 0. The maximum atomic E-state index is 11.9. The summed E-state index contributed by atoms with van der Waals surface area (Å²) in [5, 5.41) is 11.6. The Kier molecular flexibility index (Phi) is 3.27. The van der Waals surface area contributed by atoms with Gasteiger partial charge >= 0.3 is 12.0 Å². The molecule has 2 rings (SSSR count). The molecule has 6 nitrogen and oxygen atoms in total. The topological polar surface area (TPSA) is 85.4 Å². The number of hydrogen-bond donors (Lipinski definition) is 3. The molecule has 1 aromatic heterocycles. The van der Waals surface area contributed by atoms with Gasteiger partial charge in [0.2, 0.25) is 0 Å². The van der Waals surface area contributed by atoms with Crippen molar-refractivity contribution in [3.05, 3.63) is 17.5 Å². The second kappa shape index (κ2) is 4.72. The van der Waals surface area contributed by atoms with Crippen molar-refractivity contribution in [1.82, 2.24) is 9.88 Å². The van der Waals surface area contributed by atoms with Gasteiger partial charge in [0.25, 0.3) is 0 Å². The van der Waals surface area contributed by atoms with E-state index in [1.807, 2.05) is 0 Å². The van der Waals surface area contributed by atoms with E-state index in [-0.39, 0.29) is 11.7 Å². The molecule has 98 valence electrons. The van der Waals surface area contributed by atoms with E-state index in [0.29, 0.717) is 17.3 Å². The van der Waals surface area contributed by atoms with E-state index >= 15 is 0 Å². The van der Waals surface area contributed by atoms with Crippen LogP contribution in [0.25, 0.3) is 0 Å². The van der Waals surface area contributed by atoms with Gasteiger partial charge in [-0.3, -0.25) is 0 Å². The molecule has 18 heavy (non-hydrogen) atoms. The number of aromatic carboxylic acids is 1. The van der Waals surface area contributed by atoms with E-state index in [2.05, 4.69) is 10.3 Å². The molecule has 0 spiro atoms. The van der Waals surface area contributed by atoms with Crippen molar-refractivity contribution >= 4 is 17.7 Å². The predicted molar refractivity (Wildman–Crippen MR) is 66.9 cm³/mol. The van der Waals surface area contributed by atoms with Crippen LogP contribution < -0.4 is 5.32 Å². The minimum atomic E-state index is -1.08. The fourth-order valence-corrected chi connectivity index (χ4v) is 1.84. The van der Waals surface area contributed by atoms with Crippen molar-refractivity contribution in [2.75, 3.05) is 18.9 Å². The van der Waals surface area contributed by atoms with Gasteiger partial charge < -0.3 is 20.3 Å². The molecule has 1 saturated carbocycles. The SMILES string of the molecule is Cc1cc(NC(=O)N(C)CC2CC2)c(C(=O)O)[nH]1. The molecular formula is C12H17N3O3. The van der Waals surface area contributed by atoms with E-state index in [1.165, 1.54) is 12.8 Å². The summed E-state index contributed by atoms with van der Waals surface area (Å²) in [5.74, 6) is -0.476. The molecule has 1 aliphatic carbocycles. The third kappa shape index (κ3) is 2.82. The molecule has 1 heterocycles. The lowest BCUT2D eigenvalue weighted by Crippen LogP contribution is -2.33. The Morgan fingerprint density at radius 3 is 2.78 bits per heavy atom. The number of carbonyl (C=O) groups is 2. The van der Waals surface area contributed by atoms with Crippen LogP contribution in [0.15, 0.2) is 6.07 Å². The lowest BCUT2D eigenvalue weighted by molar-refractivity contribution is 0.0692. The Balaban J connectivity index is 2.03. The number of urea groups is 1. The van der Waals surface area contributed by atoms with Crippen LogP contribution in [0.1, 0.15) is 29.0 Å². The third-order valence-corrected chi connectivity index (χ3v) is 2.98. The highest BCUT2D eigenvalue weighted by molar-refractivity contribution is 5.99. The van der Waals surface area contributed by atoms with Gasteiger partial charge in [0.15, 0.2) is 0 Å². The molecule has 6 heteroatoms. The molecule has 0 aromatic carbocycles. The summed E-state index contributed by atoms with van der Waals surface area (Å²) in [6.07, 6.45) is 2.34. The number of carboxylic acids is 1. The van der Waals surface area contributed by atoms with Crippen molar-refractivity contribution in [3.8, 4) is 0 Å². The van der Waals surface area contributed by atoms with E-state index in [1.54, 1.807) is 24.9 Å². The maximum absolute atomic E-state index is 11.9. The van der Waals surface area contributed by atoms with Crippen LogP contribution in [0.5, 0.6) is 0 Å². The van der Waals surface area contributed by atoms with Gasteiger partial charge in [-0.25, -0.2) is 9.59 Å². The standard InChI is InChI=1S/C12H17N3O3/c1-7-5-9(10(13-7)11(16)17)14-12(18)15(2)6-8-3-4-8/h5,8,13H,3-4,6H2,1-2H3,(H,14,18)(H,16,17). The van der Waals surface area contributed by atoms with Gasteiger partial charge in [0.05, 0.1) is 5.69 Å². The van der Waals surface area contributed by atoms with Gasteiger partial charge in [0.1, 0.15) is 5.69 Å². The van der Waals surface area contributed by atoms with E-state index in [0.717, 1.165) is 6.54 Å². The second-order valence-corrected chi connectivity index (χ2v) is 4.80. The zero-order chi connectivity index (χ0) is 13.3. The van der Waals surface area contributed by atoms with Gasteiger partial charge in [-0.1, -0.05) is 0 Å². The smallest absolute Gasteiger partial charge is 0.354 e. The quantitative estimate of drug-likeness (QED) is 0.764. The number of carbonyl (C=O) groups excluding carboxylic acids is 1. The normalized spacial score (nSPS) is 14.3. The summed E-state index contributed by atoms with van der Waals surface area (Å²) in [4.78, 5) is 27.1. The van der Waals surface area contributed by atoms with Crippen LogP contribution in [0.2, 0.25) is 0 Å². The summed E-state index contributed by atoms with van der Waals surface area (Å²) >= 11 is 0. The molecule has 0 saturated heterocycles. The predicted octanol–water partition coefficient (Wildman–Crippen LogP) is 1.90. The molecule has 1 aliphatic rings. The average molecular weight is 251 g/mol. The molecule has 0 bridgehead atoms. The number of nitrogens with one attached hydrogen (secondary N) is 2. The van der Waals surface area contributed by atoms with Gasteiger partial charge in [-0.2, -0.15) is 0 Å². The molecule has 0 aliphatic heterocycles. The van der Waals surface area contributed by atoms with Crippen molar-refractivity contribution in [2.45, 2.75) is 19.8 Å². The minimum absolute atomic E-state index is 0.0145. The fraction of sp³-hybridized carbons (Fsp3) is 0.500. The number of nitrogens with zero attached hydrogens (tertiary/aromatic N) is 1. The number of amides is 2. The van der Waals surface area contributed by atoms with E-state index < -0.39 is 5.97 Å². The van der Waals surface area contributed by atoms with E-state index in [9.17, 15) is 9.59 Å². The fourth-order valence-electron chi connectivity index (χ4n) is 1.84. The van der Waals surface area contributed by atoms with Crippen molar-refractivity contribution in [2.24, 2.45) is 5.92 Å². The number of carboxylic acid groups (broad SMARTS) is 1. The zero-order valence-corrected chi connectivity index (χ0v) is 10.5. The molecule has 1 aromatic rings. The van der Waals surface area contributed by atoms with Gasteiger partial charge in [-0.15, -0.1) is 0 Å². The molecule has 0 unspecified atom stereocenters. The first kappa shape index (κ1) is 12.5. The molecule has 0 radical (unpaired) electrons. The van der Waals surface area contributed by atoms with E-state index in [4.69, 9.17) is 5.11 Å². The van der Waals surface area contributed by atoms with Crippen LogP contribution in [0.4, 0.5) is 10.5 Å². The first-order valence-electron chi connectivity index (χ1n) is 5.92. The highest BCUT2D eigenvalue weighted by atomic mass is 16.4. The average Bonchev–Trinajstić information content (AvgIpc) is 3.01. The summed E-state index contributed by atoms with van der Waals surface area (Å²) in [5.41, 5.74) is 1.03. The van der Waals surface area contributed by atoms with Crippen LogP contribution in [0.3, 0.4) is 0 Å². The first-order chi connectivity index (χ1) is 8.47. The lowest BCUT2D eigenvalue weighted by Gasteiger charge is -2.17. The molecule has 0 atom stereocenters. The minimum Gasteiger partial charge on any atom is -0.477 e. The Hall–Kier alpha value is -1.98. The number of aryl methyl sites for hydroxylation is 1. The van der Waals surface area contributed by atoms with Crippen LogP contribution in [0, 0.1) is 12.8 Å². The molecule has 2 amide bonds. The number of hydrogen-bond acceptors (Lipinski definition) is 2. The van der Waals surface area contributed by atoms with Crippen molar-refractivity contribution < 1.29 is 14.7 Å². The first-order valence-corrected chi connectivity index (χ1v) is 5.92. The number of H-pyrrole nitrogens is 1. The molecule has 3 N–H and O–H groups in total. The third-order valence-electron chi connectivity index (χ3n) is 2.98. The zero-order valence-electron chi connectivity index (χ0n) is 10.5. The van der Waals surface area contributed by atoms with Crippen LogP contribution in [-0.4, -0.2) is 40.6 Å². The lowest BCUT2D eigenvalue weighted by atomic mass is 10.3. The number of aromatic amines is 1. The van der Waals surface area contributed by atoms with Gasteiger partial charge in [0, 0.05) is 19.3 Å². The number of aromatic nitrogens is 1. The summed E-state index contributed by atoms with van der Waals surface area (Å²) in [6.45, 7) is 2.47. The largest absolute Gasteiger partial charge is 0.477 e. The number of rotatable bonds is 4. The highest BCUT2D eigenvalue weighted by Gasteiger charge is 2.25. The molecular weight excluding hydrogens is 234 g/mol. The summed E-state index contributed by atoms with van der Waals surface area (Å²) in [7, 11) is 1.72. The summed E-state index contributed by atoms with van der Waals surface area (Å²) in [6, 6.07) is 1.34.